The molecule has 0 saturated carbocycles. The van der Waals surface area contributed by atoms with E-state index < -0.39 is 17.4 Å². The van der Waals surface area contributed by atoms with Crippen LogP contribution in [0.2, 0.25) is 0 Å². The summed E-state index contributed by atoms with van der Waals surface area (Å²) in [6.45, 7) is 0. The van der Waals surface area contributed by atoms with Crippen molar-refractivity contribution in [1.82, 2.24) is 0 Å². The van der Waals surface area contributed by atoms with Crippen LogP contribution in [0.15, 0.2) is 10.7 Å². The number of ether oxygens (including phenoxy) is 2. The number of esters is 2. The number of terminal acetylenes is 1. The third-order valence-electron chi connectivity index (χ3n) is 2.19. The molecule has 0 radical (unpaired) electrons. The van der Waals surface area contributed by atoms with Gasteiger partial charge in [-0.15, -0.1) is 12.3 Å². The molecule has 1 aliphatic rings. The van der Waals surface area contributed by atoms with E-state index in [4.69, 9.17) is 11.2 Å². The molecule has 1 aliphatic heterocycles. The number of allylic oxidation sites excluding steroid dienone is 1. The summed E-state index contributed by atoms with van der Waals surface area (Å²) in [6.07, 6.45) is 5.25. The summed E-state index contributed by atoms with van der Waals surface area (Å²) >= 11 is 3.03. The molecule has 0 aliphatic carbocycles. The first-order valence-electron chi connectivity index (χ1n) is 4.14. The molecule has 15 heavy (non-hydrogen) atoms. The molecule has 0 bridgehead atoms. The van der Waals surface area contributed by atoms with Crippen molar-refractivity contribution < 1.29 is 19.1 Å². The van der Waals surface area contributed by atoms with E-state index in [-0.39, 0.29) is 12.8 Å². The Kier molecular flexibility index (Phi) is 3.53. The maximum atomic E-state index is 11.6. The van der Waals surface area contributed by atoms with E-state index in [0.717, 1.165) is 0 Å². The molecule has 1 heterocycles. The van der Waals surface area contributed by atoms with E-state index in [1.165, 1.54) is 12.1 Å². The lowest BCUT2D eigenvalue weighted by atomic mass is 9.83. The molecule has 1 fully saturated rings. The molecule has 0 N–H and O–H groups in total. The Bertz CT molecular complexity index is 366. The van der Waals surface area contributed by atoms with Crippen molar-refractivity contribution in [2.75, 3.05) is 7.11 Å². The highest BCUT2D eigenvalue weighted by Crippen LogP contribution is 2.40. The van der Waals surface area contributed by atoms with Crippen LogP contribution in [0.5, 0.6) is 0 Å². The molecule has 1 unspecified atom stereocenters. The van der Waals surface area contributed by atoms with Gasteiger partial charge >= 0.3 is 11.9 Å². The van der Waals surface area contributed by atoms with Crippen molar-refractivity contribution >= 4 is 27.9 Å². The van der Waals surface area contributed by atoms with Gasteiger partial charge < -0.3 is 9.47 Å². The molecule has 1 rings (SSSR count). The Labute approximate surface area is 95.7 Å². The van der Waals surface area contributed by atoms with Crippen LogP contribution in [0.4, 0.5) is 0 Å². The highest BCUT2D eigenvalue weighted by Gasteiger charge is 2.54. The minimum Gasteiger partial charge on any atom is -0.468 e. The van der Waals surface area contributed by atoms with Crippen LogP contribution in [0.3, 0.4) is 0 Å². The van der Waals surface area contributed by atoms with Crippen LogP contribution in [0, 0.1) is 17.8 Å². The van der Waals surface area contributed by atoms with Gasteiger partial charge in [0.2, 0.25) is 0 Å². The summed E-state index contributed by atoms with van der Waals surface area (Å²) < 4.78 is 9.46. The first kappa shape index (κ1) is 11.8. The van der Waals surface area contributed by atoms with Crippen molar-refractivity contribution in [2.24, 2.45) is 5.41 Å². The van der Waals surface area contributed by atoms with Crippen molar-refractivity contribution in [1.29, 1.82) is 0 Å². The van der Waals surface area contributed by atoms with Crippen LogP contribution in [0.25, 0.3) is 0 Å². The summed E-state index contributed by atoms with van der Waals surface area (Å²) in [4.78, 5) is 24.6. The first-order chi connectivity index (χ1) is 7.10. The second-order valence-electron chi connectivity index (χ2n) is 3.10. The van der Waals surface area contributed by atoms with Crippen molar-refractivity contribution in [2.45, 2.75) is 12.8 Å². The predicted octanol–water partition coefficient (Wildman–Crippen LogP) is 1.35. The molecular weight excluding hydrogens is 264 g/mol. The number of cyclic esters (lactones) is 1. The van der Waals surface area contributed by atoms with Gasteiger partial charge in [0, 0.05) is 17.8 Å². The first-order valence-corrected chi connectivity index (χ1v) is 5.05. The maximum absolute atomic E-state index is 11.6. The average Bonchev–Trinajstić information content (AvgIpc) is 2.56. The largest absolute Gasteiger partial charge is 0.468 e. The Morgan fingerprint density at radius 3 is 2.93 bits per heavy atom. The zero-order chi connectivity index (χ0) is 11.5. The van der Waals surface area contributed by atoms with Gasteiger partial charge in [-0.1, -0.05) is 15.9 Å². The Morgan fingerprint density at radius 2 is 2.53 bits per heavy atom. The highest BCUT2D eigenvalue weighted by atomic mass is 79.9. The fraction of sp³-hybridized carbons (Fsp3) is 0.400. The fourth-order valence-corrected chi connectivity index (χ4v) is 1.67. The van der Waals surface area contributed by atoms with Gasteiger partial charge in [-0.2, -0.15) is 0 Å². The Balaban J connectivity index is 3.08. The summed E-state index contributed by atoms with van der Waals surface area (Å²) in [5, 5.41) is 0. The van der Waals surface area contributed by atoms with Crippen LogP contribution in [-0.2, 0) is 19.1 Å². The van der Waals surface area contributed by atoms with E-state index in [0.29, 0.717) is 5.76 Å². The molecule has 0 aromatic heterocycles. The number of rotatable bonds is 2. The van der Waals surface area contributed by atoms with Crippen LogP contribution < -0.4 is 0 Å². The van der Waals surface area contributed by atoms with Gasteiger partial charge in [0.1, 0.15) is 5.76 Å². The lowest BCUT2D eigenvalue weighted by Crippen LogP contribution is -2.36. The second kappa shape index (κ2) is 4.49. The third-order valence-corrected chi connectivity index (χ3v) is 2.70. The Hall–Kier alpha value is -1.28. The standard InChI is InChI=1S/C10H9BrO4/c1-3-4-10(8(12)14-2)5-7(6-11)15-9(10)13/h1,6H,4-5H2,2H3/b7-6+. The minimum absolute atomic E-state index is 0.0250. The normalized spacial score (nSPS) is 27.3. The fourth-order valence-electron chi connectivity index (χ4n) is 1.42. The molecule has 0 spiro atoms. The molecule has 0 aromatic rings. The highest BCUT2D eigenvalue weighted by molar-refractivity contribution is 9.11. The zero-order valence-electron chi connectivity index (χ0n) is 8.08. The number of halogens is 1. The number of methoxy groups -OCH3 is 1. The predicted molar refractivity (Wildman–Crippen MR) is 55.6 cm³/mol. The van der Waals surface area contributed by atoms with Crippen LogP contribution in [0.1, 0.15) is 12.8 Å². The lowest BCUT2D eigenvalue weighted by molar-refractivity contribution is -0.162. The monoisotopic (exact) mass is 272 g/mol. The maximum Gasteiger partial charge on any atom is 0.330 e. The Morgan fingerprint density at radius 1 is 1.87 bits per heavy atom. The topological polar surface area (TPSA) is 52.6 Å². The van der Waals surface area contributed by atoms with E-state index >= 15 is 0 Å². The SMILES string of the molecule is C#CCC1(C(=O)OC)C/C(=C\Br)OC1=O. The van der Waals surface area contributed by atoms with E-state index in [9.17, 15) is 9.59 Å². The lowest BCUT2D eigenvalue weighted by Gasteiger charge is -2.17. The molecule has 4 nitrogen and oxygen atoms in total. The average molecular weight is 273 g/mol. The molecular formula is C10H9BrO4. The van der Waals surface area contributed by atoms with Gasteiger partial charge in [-0.05, 0) is 0 Å². The minimum atomic E-state index is -1.37. The third kappa shape index (κ3) is 1.90. The van der Waals surface area contributed by atoms with Crippen LogP contribution in [-0.4, -0.2) is 19.0 Å². The summed E-state index contributed by atoms with van der Waals surface area (Å²) in [6, 6.07) is 0. The molecule has 0 amide bonds. The molecule has 0 aromatic carbocycles. The number of hydrogen-bond donors (Lipinski definition) is 0. The smallest absolute Gasteiger partial charge is 0.330 e. The number of carbonyl (C=O) groups is 2. The van der Waals surface area contributed by atoms with E-state index in [1.54, 1.807) is 0 Å². The van der Waals surface area contributed by atoms with Gasteiger partial charge in [0.25, 0.3) is 0 Å². The number of carbonyl (C=O) groups excluding carboxylic acids is 2. The summed E-state index contributed by atoms with van der Waals surface area (Å²) in [5.74, 6) is 1.36. The molecule has 80 valence electrons. The summed E-state index contributed by atoms with van der Waals surface area (Å²) in [5.41, 5.74) is -1.37. The van der Waals surface area contributed by atoms with Gasteiger partial charge in [-0.3, -0.25) is 9.59 Å². The van der Waals surface area contributed by atoms with Gasteiger partial charge in [0.15, 0.2) is 5.41 Å². The van der Waals surface area contributed by atoms with E-state index in [1.807, 2.05) is 0 Å². The second-order valence-corrected chi connectivity index (χ2v) is 3.55. The quantitative estimate of drug-likeness (QED) is 0.433. The molecule has 5 heteroatoms. The van der Waals surface area contributed by atoms with E-state index in [2.05, 4.69) is 26.6 Å². The van der Waals surface area contributed by atoms with Crippen molar-refractivity contribution in [3.8, 4) is 12.3 Å². The van der Waals surface area contributed by atoms with Crippen molar-refractivity contribution in [3.63, 3.8) is 0 Å². The van der Waals surface area contributed by atoms with Crippen molar-refractivity contribution in [3.05, 3.63) is 10.7 Å². The zero-order valence-corrected chi connectivity index (χ0v) is 9.67. The van der Waals surface area contributed by atoms with Gasteiger partial charge in [-0.25, -0.2) is 0 Å². The summed E-state index contributed by atoms with van der Waals surface area (Å²) in [7, 11) is 1.21. The molecule has 1 atom stereocenters. The molecule has 1 saturated heterocycles. The van der Waals surface area contributed by atoms with Gasteiger partial charge in [0.05, 0.1) is 7.11 Å². The van der Waals surface area contributed by atoms with Crippen LogP contribution >= 0.6 is 15.9 Å². The number of hydrogen-bond acceptors (Lipinski definition) is 4.